The summed E-state index contributed by atoms with van der Waals surface area (Å²) in [4.78, 5) is 13.8. The topological polar surface area (TPSA) is 91.3 Å². The predicted molar refractivity (Wildman–Crippen MR) is 66.6 cm³/mol. The van der Waals surface area contributed by atoms with Crippen molar-refractivity contribution in [1.29, 1.82) is 0 Å². The molecule has 0 spiro atoms. The summed E-state index contributed by atoms with van der Waals surface area (Å²) in [6.45, 7) is 1.96. The van der Waals surface area contributed by atoms with Gasteiger partial charge in [0.05, 0.1) is 4.92 Å². The van der Waals surface area contributed by atoms with Crippen LogP contribution in [0.5, 0.6) is 11.6 Å². The van der Waals surface area contributed by atoms with Crippen molar-refractivity contribution in [2.75, 3.05) is 5.73 Å². The molecule has 0 amide bonds. The van der Waals surface area contributed by atoms with Gasteiger partial charge >= 0.3 is 5.69 Å². The number of nitrogens with zero attached hydrogens (tertiary/aromatic N) is 2. The van der Waals surface area contributed by atoms with Crippen molar-refractivity contribution in [3.05, 3.63) is 52.1 Å². The van der Waals surface area contributed by atoms with Crippen molar-refractivity contribution in [1.82, 2.24) is 4.98 Å². The Hall–Kier alpha value is -2.63. The molecular weight excluding hydrogens is 234 g/mol. The highest BCUT2D eigenvalue weighted by Gasteiger charge is 2.13. The van der Waals surface area contributed by atoms with Gasteiger partial charge in [0.2, 0.25) is 11.7 Å². The van der Waals surface area contributed by atoms with Gasteiger partial charge in [0.25, 0.3) is 0 Å². The fourth-order valence-electron chi connectivity index (χ4n) is 1.39. The van der Waals surface area contributed by atoms with Crippen molar-refractivity contribution in [3.63, 3.8) is 0 Å². The first-order chi connectivity index (χ1) is 8.56. The maximum Gasteiger partial charge on any atom is 0.311 e. The predicted octanol–water partition coefficient (Wildman–Crippen LogP) is 2.67. The lowest BCUT2D eigenvalue weighted by Crippen LogP contribution is -1.99. The van der Waals surface area contributed by atoms with Crippen LogP contribution in [0.3, 0.4) is 0 Å². The van der Waals surface area contributed by atoms with Crippen LogP contribution in [0.4, 0.5) is 11.5 Å². The molecule has 1 aromatic carbocycles. The molecule has 0 aliphatic heterocycles. The van der Waals surface area contributed by atoms with Gasteiger partial charge in [-0.05, 0) is 19.1 Å². The second-order valence-corrected chi connectivity index (χ2v) is 3.73. The molecule has 6 heteroatoms. The van der Waals surface area contributed by atoms with Gasteiger partial charge in [-0.1, -0.05) is 17.7 Å². The van der Waals surface area contributed by atoms with Gasteiger partial charge in [0.15, 0.2) is 0 Å². The van der Waals surface area contributed by atoms with E-state index in [1.54, 1.807) is 12.1 Å². The standard InChI is InChI=1S/C12H11N3O3/c1-8-2-4-9(5-3-8)18-11-7-6-10(15(16)17)12(13)14-11/h2-7H,1H3,(H2,13,14). The van der Waals surface area contributed by atoms with Gasteiger partial charge in [-0.2, -0.15) is 4.98 Å². The highest BCUT2D eigenvalue weighted by atomic mass is 16.6. The molecule has 0 bridgehead atoms. The lowest BCUT2D eigenvalue weighted by atomic mass is 10.2. The molecule has 18 heavy (non-hydrogen) atoms. The van der Waals surface area contributed by atoms with Crippen LogP contribution in [0.2, 0.25) is 0 Å². The van der Waals surface area contributed by atoms with Crippen LogP contribution in [0.1, 0.15) is 5.56 Å². The number of benzene rings is 1. The number of nitrogens with two attached hydrogens (primary N) is 1. The Bertz CT molecular complexity index is 582. The highest BCUT2D eigenvalue weighted by molar-refractivity contribution is 5.53. The Labute approximate surface area is 103 Å². The van der Waals surface area contributed by atoms with Crippen molar-refractivity contribution in [3.8, 4) is 11.6 Å². The number of ether oxygens (including phenoxy) is 1. The number of nitrogen functional groups attached to an aromatic ring is 1. The molecule has 1 heterocycles. The molecule has 0 atom stereocenters. The third-order valence-corrected chi connectivity index (χ3v) is 2.32. The summed E-state index contributed by atoms with van der Waals surface area (Å²) in [6, 6.07) is 10.0. The maximum atomic E-state index is 10.6. The number of aryl methyl sites for hydroxylation is 1. The molecule has 6 nitrogen and oxygen atoms in total. The first-order valence-corrected chi connectivity index (χ1v) is 5.21. The lowest BCUT2D eigenvalue weighted by Gasteiger charge is -2.05. The van der Waals surface area contributed by atoms with Crippen LogP contribution in [-0.4, -0.2) is 9.91 Å². The molecule has 92 valence electrons. The zero-order chi connectivity index (χ0) is 13.1. The summed E-state index contributed by atoms with van der Waals surface area (Å²) >= 11 is 0. The van der Waals surface area contributed by atoms with Gasteiger partial charge in [-0.3, -0.25) is 10.1 Å². The zero-order valence-electron chi connectivity index (χ0n) is 9.66. The smallest absolute Gasteiger partial charge is 0.311 e. The molecule has 0 saturated heterocycles. The Kier molecular flexibility index (Phi) is 3.09. The number of anilines is 1. The Balaban J connectivity index is 2.22. The van der Waals surface area contributed by atoms with E-state index >= 15 is 0 Å². The minimum atomic E-state index is -0.585. The van der Waals surface area contributed by atoms with Gasteiger partial charge in [0.1, 0.15) is 5.75 Å². The van der Waals surface area contributed by atoms with E-state index in [-0.39, 0.29) is 17.4 Å². The minimum Gasteiger partial charge on any atom is -0.439 e. The summed E-state index contributed by atoms with van der Waals surface area (Å²) in [7, 11) is 0. The van der Waals surface area contributed by atoms with Gasteiger partial charge in [-0.15, -0.1) is 0 Å². The highest BCUT2D eigenvalue weighted by Crippen LogP contribution is 2.25. The number of nitro groups is 1. The van der Waals surface area contributed by atoms with Crippen LogP contribution in [0, 0.1) is 17.0 Å². The Morgan fingerprint density at radius 2 is 1.89 bits per heavy atom. The average Bonchev–Trinajstić information content (AvgIpc) is 2.32. The Morgan fingerprint density at radius 1 is 1.22 bits per heavy atom. The van der Waals surface area contributed by atoms with E-state index in [0.29, 0.717) is 5.75 Å². The SMILES string of the molecule is Cc1ccc(Oc2ccc([N+](=O)[O-])c(N)n2)cc1. The minimum absolute atomic E-state index is 0.162. The van der Waals surface area contributed by atoms with E-state index in [1.807, 2.05) is 19.1 Å². The van der Waals surface area contributed by atoms with Gasteiger partial charge < -0.3 is 10.5 Å². The van der Waals surface area contributed by atoms with E-state index in [9.17, 15) is 10.1 Å². The molecule has 0 fully saturated rings. The quantitative estimate of drug-likeness (QED) is 0.663. The molecule has 1 aromatic heterocycles. The Morgan fingerprint density at radius 3 is 2.44 bits per heavy atom. The van der Waals surface area contributed by atoms with Crippen LogP contribution < -0.4 is 10.5 Å². The first kappa shape index (κ1) is 11.8. The van der Waals surface area contributed by atoms with E-state index in [2.05, 4.69) is 4.98 Å². The van der Waals surface area contributed by atoms with Crippen molar-refractivity contribution in [2.24, 2.45) is 0 Å². The number of hydrogen-bond acceptors (Lipinski definition) is 5. The number of pyridine rings is 1. The molecule has 0 unspecified atom stereocenters. The van der Waals surface area contributed by atoms with E-state index in [1.165, 1.54) is 12.1 Å². The molecule has 2 aromatic rings. The monoisotopic (exact) mass is 245 g/mol. The average molecular weight is 245 g/mol. The normalized spacial score (nSPS) is 10.1. The summed E-state index contributed by atoms with van der Waals surface area (Å²) in [5, 5.41) is 10.6. The third kappa shape index (κ3) is 2.54. The van der Waals surface area contributed by atoms with E-state index in [0.717, 1.165) is 5.56 Å². The van der Waals surface area contributed by atoms with E-state index in [4.69, 9.17) is 10.5 Å². The number of hydrogen-bond donors (Lipinski definition) is 1. The fraction of sp³-hybridized carbons (Fsp3) is 0.0833. The summed E-state index contributed by atoms with van der Waals surface area (Å²) in [6.07, 6.45) is 0. The van der Waals surface area contributed by atoms with Crippen LogP contribution in [-0.2, 0) is 0 Å². The number of rotatable bonds is 3. The fourth-order valence-corrected chi connectivity index (χ4v) is 1.39. The van der Waals surface area contributed by atoms with Crippen LogP contribution in [0.25, 0.3) is 0 Å². The van der Waals surface area contributed by atoms with E-state index < -0.39 is 4.92 Å². The van der Waals surface area contributed by atoms with Crippen molar-refractivity contribution < 1.29 is 9.66 Å². The largest absolute Gasteiger partial charge is 0.439 e. The molecule has 2 N–H and O–H groups in total. The molecule has 2 rings (SSSR count). The molecule has 0 radical (unpaired) electrons. The molecule has 0 aliphatic carbocycles. The van der Waals surface area contributed by atoms with Crippen LogP contribution in [0.15, 0.2) is 36.4 Å². The third-order valence-electron chi connectivity index (χ3n) is 2.32. The lowest BCUT2D eigenvalue weighted by molar-refractivity contribution is -0.384. The molecule has 0 aliphatic rings. The second kappa shape index (κ2) is 4.70. The molecular formula is C12H11N3O3. The maximum absolute atomic E-state index is 10.6. The van der Waals surface area contributed by atoms with Crippen molar-refractivity contribution in [2.45, 2.75) is 6.92 Å². The summed E-state index contributed by atoms with van der Waals surface area (Å²) in [5.74, 6) is 0.660. The van der Waals surface area contributed by atoms with Gasteiger partial charge in [-0.25, -0.2) is 0 Å². The van der Waals surface area contributed by atoms with Crippen LogP contribution >= 0.6 is 0 Å². The van der Waals surface area contributed by atoms with Crippen molar-refractivity contribution >= 4 is 11.5 Å². The number of aromatic nitrogens is 1. The summed E-state index contributed by atoms with van der Waals surface area (Å²) in [5.41, 5.74) is 6.35. The van der Waals surface area contributed by atoms with Gasteiger partial charge in [0, 0.05) is 12.1 Å². The zero-order valence-corrected chi connectivity index (χ0v) is 9.66. The second-order valence-electron chi connectivity index (χ2n) is 3.73. The molecule has 0 saturated carbocycles. The first-order valence-electron chi connectivity index (χ1n) is 5.21. The summed E-state index contributed by atoms with van der Waals surface area (Å²) < 4.78 is 5.44.